The zero-order valence-corrected chi connectivity index (χ0v) is 11.4. The van der Waals surface area contributed by atoms with E-state index in [1.165, 1.54) is 0 Å². The van der Waals surface area contributed by atoms with Gasteiger partial charge in [-0.15, -0.1) is 0 Å². The molecule has 0 saturated carbocycles. The Morgan fingerprint density at radius 1 is 1.40 bits per heavy atom. The Kier molecular flexibility index (Phi) is 5.38. The molecule has 1 heterocycles. The summed E-state index contributed by atoms with van der Waals surface area (Å²) in [7, 11) is 0. The SMILES string of the molecule is O=C(OCc1ccccc1)N1CCC[C@@H]1C[C@H](O)CO. The molecule has 110 valence electrons. The Morgan fingerprint density at radius 3 is 2.85 bits per heavy atom. The summed E-state index contributed by atoms with van der Waals surface area (Å²) in [6, 6.07) is 9.49. The van der Waals surface area contributed by atoms with E-state index in [-0.39, 0.29) is 25.3 Å². The molecule has 1 amide bonds. The minimum atomic E-state index is -0.775. The maximum atomic E-state index is 12.1. The van der Waals surface area contributed by atoms with Crippen molar-refractivity contribution in [3.05, 3.63) is 35.9 Å². The van der Waals surface area contributed by atoms with E-state index in [0.717, 1.165) is 18.4 Å². The fraction of sp³-hybridized carbons (Fsp3) is 0.533. The zero-order chi connectivity index (χ0) is 14.4. The van der Waals surface area contributed by atoms with Crippen molar-refractivity contribution in [1.29, 1.82) is 0 Å². The zero-order valence-electron chi connectivity index (χ0n) is 11.4. The molecule has 1 aliphatic rings. The van der Waals surface area contributed by atoms with Crippen LogP contribution in [-0.4, -0.2) is 46.5 Å². The molecule has 0 radical (unpaired) electrons. The number of likely N-dealkylation sites (tertiary alicyclic amines) is 1. The Labute approximate surface area is 118 Å². The van der Waals surface area contributed by atoms with E-state index in [9.17, 15) is 9.90 Å². The third-order valence-corrected chi connectivity index (χ3v) is 3.57. The highest BCUT2D eigenvalue weighted by atomic mass is 16.6. The van der Waals surface area contributed by atoms with Crippen molar-refractivity contribution in [3.8, 4) is 0 Å². The number of hydrogen-bond donors (Lipinski definition) is 2. The standard InChI is InChI=1S/C15H21NO4/c17-10-14(18)9-13-7-4-8-16(13)15(19)20-11-12-5-2-1-3-6-12/h1-3,5-6,13-14,17-18H,4,7-11H2/t13-,14+/m1/s1. The first-order valence-electron chi connectivity index (χ1n) is 6.97. The molecule has 5 nitrogen and oxygen atoms in total. The Balaban J connectivity index is 1.84. The van der Waals surface area contributed by atoms with Gasteiger partial charge in [0.2, 0.25) is 0 Å². The predicted octanol–water partition coefficient (Wildman–Crippen LogP) is 1.53. The van der Waals surface area contributed by atoms with Gasteiger partial charge in [0.25, 0.3) is 0 Å². The number of nitrogens with zero attached hydrogens (tertiary/aromatic N) is 1. The Morgan fingerprint density at radius 2 is 2.15 bits per heavy atom. The molecule has 0 aromatic heterocycles. The van der Waals surface area contributed by atoms with Crippen LogP contribution in [0.5, 0.6) is 0 Å². The Hall–Kier alpha value is -1.59. The van der Waals surface area contributed by atoms with Crippen LogP contribution in [0.4, 0.5) is 4.79 Å². The van der Waals surface area contributed by atoms with Gasteiger partial charge in [-0.05, 0) is 24.8 Å². The van der Waals surface area contributed by atoms with E-state index >= 15 is 0 Å². The molecule has 1 fully saturated rings. The molecule has 0 aliphatic carbocycles. The summed E-state index contributed by atoms with van der Waals surface area (Å²) < 4.78 is 5.30. The molecule has 2 atom stereocenters. The number of amides is 1. The third kappa shape index (κ3) is 3.95. The molecule has 1 aliphatic heterocycles. The van der Waals surface area contributed by atoms with Gasteiger partial charge in [-0.3, -0.25) is 0 Å². The highest BCUT2D eigenvalue weighted by Gasteiger charge is 2.31. The fourth-order valence-electron chi connectivity index (χ4n) is 2.51. The highest BCUT2D eigenvalue weighted by molar-refractivity contribution is 5.68. The number of hydrogen-bond acceptors (Lipinski definition) is 4. The largest absolute Gasteiger partial charge is 0.445 e. The van der Waals surface area contributed by atoms with E-state index in [1.54, 1.807) is 4.90 Å². The number of aliphatic hydroxyl groups excluding tert-OH is 2. The van der Waals surface area contributed by atoms with Crippen LogP contribution in [0, 0.1) is 0 Å². The van der Waals surface area contributed by atoms with E-state index in [2.05, 4.69) is 0 Å². The molecule has 1 aromatic carbocycles. The van der Waals surface area contributed by atoms with Crippen LogP contribution >= 0.6 is 0 Å². The second-order valence-electron chi connectivity index (χ2n) is 5.10. The van der Waals surface area contributed by atoms with Crippen LogP contribution in [0.1, 0.15) is 24.8 Å². The summed E-state index contributed by atoms with van der Waals surface area (Å²) in [4.78, 5) is 13.7. The molecular weight excluding hydrogens is 258 g/mol. The minimum absolute atomic E-state index is 0.0413. The van der Waals surface area contributed by atoms with Crippen molar-refractivity contribution in [1.82, 2.24) is 4.90 Å². The summed E-state index contributed by atoms with van der Waals surface area (Å²) in [6.45, 7) is 0.630. The lowest BCUT2D eigenvalue weighted by molar-refractivity contribution is 0.0538. The van der Waals surface area contributed by atoms with E-state index < -0.39 is 6.10 Å². The lowest BCUT2D eigenvalue weighted by Crippen LogP contribution is -2.38. The maximum absolute atomic E-state index is 12.1. The predicted molar refractivity (Wildman–Crippen MR) is 74.1 cm³/mol. The molecular formula is C15H21NO4. The van der Waals surface area contributed by atoms with Gasteiger partial charge in [0.1, 0.15) is 6.61 Å². The van der Waals surface area contributed by atoms with Gasteiger partial charge in [0.15, 0.2) is 0 Å². The number of aliphatic hydroxyl groups is 2. The van der Waals surface area contributed by atoms with Crippen LogP contribution in [0.25, 0.3) is 0 Å². The van der Waals surface area contributed by atoms with Crippen molar-refractivity contribution in [2.75, 3.05) is 13.2 Å². The van der Waals surface area contributed by atoms with E-state index in [1.807, 2.05) is 30.3 Å². The summed E-state index contributed by atoms with van der Waals surface area (Å²) in [6.07, 6.45) is 1.03. The van der Waals surface area contributed by atoms with Crippen molar-refractivity contribution in [2.24, 2.45) is 0 Å². The van der Waals surface area contributed by atoms with Crippen LogP contribution in [0.3, 0.4) is 0 Å². The second kappa shape index (κ2) is 7.26. The summed E-state index contributed by atoms with van der Waals surface area (Å²) in [5.41, 5.74) is 0.951. The molecule has 2 N–H and O–H groups in total. The van der Waals surface area contributed by atoms with Gasteiger partial charge in [0, 0.05) is 12.6 Å². The molecule has 2 rings (SSSR count). The van der Waals surface area contributed by atoms with Crippen LogP contribution < -0.4 is 0 Å². The minimum Gasteiger partial charge on any atom is -0.445 e. The average Bonchev–Trinajstić information content (AvgIpc) is 2.94. The molecule has 0 unspecified atom stereocenters. The molecule has 20 heavy (non-hydrogen) atoms. The first-order chi connectivity index (χ1) is 9.70. The molecule has 5 heteroatoms. The topological polar surface area (TPSA) is 70.0 Å². The first kappa shape index (κ1) is 14.8. The lowest BCUT2D eigenvalue weighted by atomic mass is 10.1. The normalized spacial score (nSPS) is 19.9. The second-order valence-corrected chi connectivity index (χ2v) is 5.10. The summed E-state index contributed by atoms with van der Waals surface area (Å²) in [5, 5.41) is 18.4. The fourth-order valence-corrected chi connectivity index (χ4v) is 2.51. The van der Waals surface area contributed by atoms with Gasteiger partial charge in [-0.25, -0.2) is 4.79 Å². The molecule has 1 aromatic rings. The maximum Gasteiger partial charge on any atom is 0.410 e. The average molecular weight is 279 g/mol. The van der Waals surface area contributed by atoms with Gasteiger partial charge in [-0.1, -0.05) is 30.3 Å². The summed E-state index contributed by atoms with van der Waals surface area (Å²) in [5.74, 6) is 0. The number of benzene rings is 1. The quantitative estimate of drug-likeness (QED) is 0.857. The van der Waals surface area contributed by atoms with Crippen molar-refractivity contribution >= 4 is 6.09 Å². The van der Waals surface area contributed by atoms with Crippen LogP contribution in [0.2, 0.25) is 0 Å². The Bertz CT molecular complexity index is 423. The van der Waals surface area contributed by atoms with Gasteiger partial charge >= 0.3 is 6.09 Å². The van der Waals surface area contributed by atoms with Crippen LogP contribution in [0.15, 0.2) is 30.3 Å². The smallest absolute Gasteiger partial charge is 0.410 e. The van der Waals surface area contributed by atoms with Crippen molar-refractivity contribution in [2.45, 2.75) is 38.0 Å². The number of ether oxygens (including phenoxy) is 1. The lowest BCUT2D eigenvalue weighted by Gasteiger charge is -2.25. The number of carbonyl (C=O) groups excluding carboxylic acids is 1. The van der Waals surface area contributed by atoms with Crippen LogP contribution in [-0.2, 0) is 11.3 Å². The molecule has 1 saturated heterocycles. The monoisotopic (exact) mass is 279 g/mol. The van der Waals surface area contributed by atoms with E-state index in [0.29, 0.717) is 13.0 Å². The third-order valence-electron chi connectivity index (χ3n) is 3.57. The molecule has 0 bridgehead atoms. The molecule has 0 spiro atoms. The van der Waals surface area contributed by atoms with Gasteiger partial charge in [0.05, 0.1) is 12.7 Å². The summed E-state index contributed by atoms with van der Waals surface area (Å²) >= 11 is 0. The van der Waals surface area contributed by atoms with Gasteiger partial charge < -0.3 is 19.8 Å². The van der Waals surface area contributed by atoms with Gasteiger partial charge in [-0.2, -0.15) is 0 Å². The van der Waals surface area contributed by atoms with Crippen molar-refractivity contribution < 1.29 is 19.7 Å². The van der Waals surface area contributed by atoms with Crippen molar-refractivity contribution in [3.63, 3.8) is 0 Å². The first-order valence-corrected chi connectivity index (χ1v) is 6.97. The highest BCUT2D eigenvalue weighted by Crippen LogP contribution is 2.22. The van der Waals surface area contributed by atoms with E-state index in [4.69, 9.17) is 9.84 Å². The number of rotatable bonds is 5. The number of carbonyl (C=O) groups is 1.